The summed E-state index contributed by atoms with van der Waals surface area (Å²) in [6, 6.07) is 13.8. The van der Waals surface area contributed by atoms with Crippen LogP contribution in [0.25, 0.3) is 0 Å². The number of hydrogen-bond donors (Lipinski definition) is 0. The first-order valence-electron chi connectivity index (χ1n) is 5.95. The minimum atomic E-state index is -0.372. The molecule has 2 aromatic rings. The molecule has 0 atom stereocenters. The molecule has 0 fully saturated rings. The third-order valence-corrected chi connectivity index (χ3v) is 2.56. The number of aromatic nitrogens is 1. The molecule has 2 rings (SSSR count). The van der Waals surface area contributed by atoms with E-state index in [4.69, 9.17) is 4.74 Å². The van der Waals surface area contributed by atoms with Crippen LogP contribution in [-0.2, 0) is 11.2 Å². The zero-order valence-electron chi connectivity index (χ0n) is 10.7. The van der Waals surface area contributed by atoms with Crippen molar-refractivity contribution in [2.45, 2.75) is 13.3 Å². The van der Waals surface area contributed by atoms with E-state index in [0.717, 1.165) is 12.0 Å². The fourth-order valence-corrected chi connectivity index (χ4v) is 1.69. The molecule has 0 aliphatic rings. The number of ether oxygens (including phenoxy) is 1. The van der Waals surface area contributed by atoms with E-state index in [2.05, 4.69) is 17.1 Å². The van der Waals surface area contributed by atoms with Gasteiger partial charge >= 0.3 is 5.97 Å². The summed E-state index contributed by atoms with van der Waals surface area (Å²) in [7, 11) is 0. The van der Waals surface area contributed by atoms with Crippen molar-refractivity contribution in [2.75, 3.05) is 6.61 Å². The highest BCUT2D eigenvalue weighted by molar-refractivity contribution is 5.87. The number of nitrogens with zero attached hydrogens (tertiary/aromatic N) is 1. The van der Waals surface area contributed by atoms with Crippen LogP contribution in [0, 0.1) is 0 Å². The molecule has 3 nitrogen and oxygen atoms in total. The predicted octanol–water partition coefficient (Wildman–Crippen LogP) is 3.27. The van der Waals surface area contributed by atoms with Crippen molar-refractivity contribution in [1.82, 2.24) is 4.98 Å². The molecule has 0 aliphatic carbocycles. The molecule has 1 aromatic carbocycles. The maximum atomic E-state index is 11.4. The Morgan fingerprint density at radius 3 is 2.42 bits per heavy atom. The van der Waals surface area contributed by atoms with Gasteiger partial charge in [-0.15, -0.1) is 12.4 Å². The second-order valence-corrected chi connectivity index (χ2v) is 3.93. The lowest BCUT2D eigenvalue weighted by Gasteiger charge is -2.03. The van der Waals surface area contributed by atoms with Crippen molar-refractivity contribution in [3.8, 4) is 0 Å². The van der Waals surface area contributed by atoms with Gasteiger partial charge < -0.3 is 4.74 Å². The van der Waals surface area contributed by atoms with Crippen molar-refractivity contribution in [1.29, 1.82) is 0 Å². The maximum absolute atomic E-state index is 11.4. The number of rotatable bonds is 4. The molecule has 0 radical (unpaired) electrons. The summed E-state index contributed by atoms with van der Waals surface area (Å²) < 4.78 is 4.88. The molecule has 0 N–H and O–H groups in total. The summed E-state index contributed by atoms with van der Waals surface area (Å²) in [5, 5.41) is 0. The Morgan fingerprint density at radius 1 is 1.11 bits per heavy atom. The Hall–Kier alpha value is -1.87. The first kappa shape index (κ1) is 15.2. The van der Waals surface area contributed by atoms with Gasteiger partial charge in [0.1, 0.15) is 5.69 Å². The number of halogens is 1. The van der Waals surface area contributed by atoms with Crippen LogP contribution in [0.15, 0.2) is 48.7 Å². The number of carbonyl (C=O) groups excluding carboxylic acids is 1. The van der Waals surface area contributed by atoms with Crippen LogP contribution in [0.3, 0.4) is 0 Å². The zero-order chi connectivity index (χ0) is 12.8. The van der Waals surface area contributed by atoms with E-state index < -0.39 is 0 Å². The Labute approximate surface area is 119 Å². The van der Waals surface area contributed by atoms with Gasteiger partial charge in [0.25, 0.3) is 0 Å². The lowest BCUT2D eigenvalue weighted by molar-refractivity contribution is 0.0519. The summed E-state index contributed by atoms with van der Waals surface area (Å²) in [4.78, 5) is 15.5. The normalized spacial score (nSPS) is 9.53. The molecule has 100 valence electrons. The molecule has 1 heterocycles. The van der Waals surface area contributed by atoms with Gasteiger partial charge in [0.2, 0.25) is 0 Å². The Bertz CT molecular complexity index is 511. The third kappa shape index (κ3) is 4.38. The fourth-order valence-electron chi connectivity index (χ4n) is 1.69. The van der Waals surface area contributed by atoms with Gasteiger partial charge in [-0.05, 0) is 30.5 Å². The highest BCUT2D eigenvalue weighted by Gasteiger charge is 2.07. The molecule has 0 spiro atoms. The highest BCUT2D eigenvalue weighted by Crippen LogP contribution is 2.09. The average molecular weight is 278 g/mol. The lowest BCUT2D eigenvalue weighted by atomic mass is 10.1. The molecule has 0 aliphatic heterocycles. The quantitative estimate of drug-likeness (QED) is 0.805. The van der Waals surface area contributed by atoms with Crippen molar-refractivity contribution in [2.24, 2.45) is 0 Å². The first-order chi connectivity index (χ1) is 8.79. The summed E-state index contributed by atoms with van der Waals surface area (Å²) in [5.74, 6) is -0.372. The van der Waals surface area contributed by atoms with Crippen LogP contribution in [0.4, 0.5) is 0 Å². The molecule has 0 unspecified atom stereocenters. The molecule has 0 saturated carbocycles. The van der Waals surface area contributed by atoms with E-state index in [-0.39, 0.29) is 18.4 Å². The van der Waals surface area contributed by atoms with Crippen molar-refractivity contribution < 1.29 is 9.53 Å². The molecule has 1 aromatic heterocycles. The van der Waals surface area contributed by atoms with Crippen molar-refractivity contribution in [3.05, 3.63) is 65.5 Å². The minimum absolute atomic E-state index is 0. The van der Waals surface area contributed by atoms with E-state index in [9.17, 15) is 4.79 Å². The van der Waals surface area contributed by atoms with Crippen molar-refractivity contribution >= 4 is 18.4 Å². The fraction of sp³-hybridized carbons (Fsp3) is 0.200. The number of carbonyl (C=O) groups is 1. The van der Waals surface area contributed by atoms with Crippen LogP contribution in [0.2, 0.25) is 0 Å². The average Bonchev–Trinajstić information content (AvgIpc) is 2.41. The molecule has 0 amide bonds. The van der Waals surface area contributed by atoms with E-state index in [1.54, 1.807) is 19.2 Å². The van der Waals surface area contributed by atoms with Crippen LogP contribution in [-0.4, -0.2) is 17.6 Å². The Balaban J connectivity index is 0.00000180. The maximum Gasteiger partial charge on any atom is 0.356 e. The van der Waals surface area contributed by atoms with E-state index in [0.29, 0.717) is 12.3 Å². The van der Waals surface area contributed by atoms with Gasteiger partial charge in [-0.1, -0.05) is 36.4 Å². The number of pyridine rings is 1. The largest absolute Gasteiger partial charge is 0.461 e. The smallest absolute Gasteiger partial charge is 0.356 e. The van der Waals surface area contributed by atoms with E-state index in [1.807, 2.05) is 24.3 Å². The first-order valence-corrected chi connectivity index (χ1v) is 5.95. The Morgan fingerprint density at radius 2 is 1.84 bits per heavy atom. The molecule has 19 heavy (non-hydrogen) atoms. The number of benzene rings is 1. The monoisotopic (exact) mass is 277 g/mol. The zero-order valence-corrected chi connectivity index (χ0v) is 11.5. The van der Waals surface area contributed by atoms with Crippen LogP contribution in [0.5, 0.6) is 0 Å². The standard InChI is InChI=1S/C15H15NO2.ClH/c1-2-18-15(17)14-9-8-13(11-16-14)10-12-6-4-3-5-7-12;/h3-9,11H,2,10H2,1H3;1H. The molecule has 4 heteroatoms. The SMILES string of the molecule is CCOC(=O)c1ccc(Cc2ccccc2)cn1.Cl. The topological polar surface area (TPSA) is 39.2 Å². The van der Waals surface area contributed by atoms with Crippen LogP contribution < -0.4 is 0 Å². The lowest BCUT2D eigenvalue weighted by Crippen LogP contribution is -2.07. The minimum Gasteiger partial charge on any atom is -0.461 e. The second-order valence-electron chi connectivity index (χ2n) is 3.93. The summed E-state index contributed by atoms with van der Waals surface area (Å²) in [6.45, 7) is 2.15. The van der Waals surface area contributed by atoms with Gasteiger partial charge in [0, 0.05) is 6.20 Å². The predicted molar refractivity (Wildman–Crippen MR) is 76.7 cm³/mol. The summed E-state index contributed by atoms with van der Waals surface area (Å²) >= 11 is 0. The number of hydrogen-bond acceptors (Lipinski definition) is 3. The van der Waals surface area contributed by atoms with Gasteiger partial charge in [-0.2, -0.15) is 0 Å². The highest BCUT2D eigenvalue weighted by atomic mass is 35.5. The van der Waals surface area contributed by atoms with E-state index >= 15 is 0 Å². The number of esters is 1. The van der Waals surface area contributed by atoms with E-state index in [1.165, 1.54) is 5.56 Å². The summed E-state index contributed by atoms with van der Waals surface area (Å²) in [5.41, 5.74) is 2.66. The van der Waals surface area contributed by atoms with Gasteiger partial charge in [0.05, 0.1) is 6.61 Å². The molecule has 0 saturated heterocycles. The molecular weight excluding hydrogens is 262 g/mol. The van der Waals surface area contributed by atoms with Gasteiger partial charge in [-0.25, -0.2) is 9.78 Å². The molecule has 0 bridgehead atoms. The van der Waals surface area contributed by atoms with Crippen molar-refractivity contribution in [3.63, 3.8) is 0 Å². The third-order valence-electron chi connectivity index (χ3n) is 2.56. The van der Waals surface area contributed by atoms with Gasteiger partial charge in [-0.3, -0.25) is 0 Å². The Kier molecular flexibility index (Phi) is 6.03. The van der Waals surface area contributed by atoms with Crippen LogP contribution >= 0.6 is 12.4 Å². The van der Waals surface area contributed by atoms with Gasteiger partial charge in [0.15, 0.2) is 0 Å². The summed E-state index contributed by atoms with van der Waals surface area (Å²) in [6.07, 6.45) is 2.54. The second kappa shape index (κ2) is 7.54. The molecular formula is C15H16ClNO2. The van der Waals surface area contributed by atoms with Crippen LogP contribution in [0.1, 0.15) is 28.5 Å².